The molecule has 0 fully saturated rings. The first-order valence-corrected chi connectivity index (χ1v) is 6.15. The second-order valence-electron chi connectivity index (χ2n) is 4.52. The van der Waals surface area contributed by atoms with Gasteiger partial charge in [0.15, 0.2) is 0 Å². The molecule has 102 valence electrons. The SMILES string of the molecule is COc1cc2cc(O)cc(OC)c2c2c(O)cccc12. The summed E-state index contributed by atoms with van der Waals surface area (Å²) in [5.74, 6) is 1.40. The van der Waals surface area contributed by atoms with Crippen LogP contribution in [0.4, 0.5) is 0 Å². The molecule has 4 heteroatoms. The van der Waals surface area contributed by atoms with Crippen LogP contribution in [0.1, 0.15) is 0 Å². The third-order valence-corrected chi connectivity index (χ3v) is 3.40. The topological polar surface area (TPSA) is 58.9 Å². The highest BCUT2D eigenvalue weighted by atomic mass is 16.5. The lowest BCUT2D eigenvalue weighted by Crippen LogP contribution is -1.90. The fourth-order valence-electron chi connectivity index (χ4n) is 2.56. The number of phenols is 2. The fourth-order valence-corrected chi connectivity index (χ4v) is 2.56. The molecule has 3 rings (SSSR count). The van der Waals surface area contributed by atoms with Gasteiger partial charge >= 0.3 is 0 Å². The number of benzene rings is 3. The van der Waals surface area contributed by atoms with Crippen molar-refractivity contribution in [2.45, 2.75) is 0 Å². The van der Waals surface area contributed by atoms with Gasteiger partial charge in [-0.15, -0.1) is 0 Å². The number of hydrogen-bond acceptors (Lipinski definition) is 4. The number of hydrogen-bond donors (Lipinski definition) is 2. The Labute approximate surface area is 115 Å². The predicted molar refractivity (Wildman–Crippen MR) is 77.9 cm³/mol. The van der Waals surface area contributed by atoms with Gasteiger partial charge in [-0.2, -0.15) is 0 Å². The summed E-state index contributed by atoms with van der Waals surface area (Å²) in [5.41, 5.74) is 0. The molecule has 3 aromatic rings. The Morgan fingerprint density at radius 3 is 2.30 bits per heavy atom. The predicted octanol–water partition coefficient (Wildman–Crippen LogP) is 3.42. The summed E-state index contributed by atoms with van der Waals surface area (Å²) in [6, 6.07) is 10.2. The molecule has 20 heavy (non-hydrogen) atoms. The summed E-state index contributed by atoms with van der Waals surface area (Å²) in [4.78, 5) is 0. The van der Waals surface area contributed by atoms with Crippen molar-refractivity contribution in [3.05, 3.63) is 36.4 Å². The normalized spacial score (nSPS) is 10.9. The van der Waals surface area contributed by atoms with E-state index in [0.29, 0.717) is 16.9 Å². The lowest BCUT2D eigenvalue weighted by atomic mass is 9.99. The maximum atomic E-state index is 10.2. The van der Waals surface area contributed by atoms with Gasteiger partial charge < -0.3 is 19.7 Å². The standard InChI is InChI=1S/C16H14O4/c1-19-13-7-9-6-10(17)8-14(20-2)15(9)16-11(13)4-3-5-12(16)18/h3-8,17-18H,1-2H3. The minimum absolute atomic E-state index is 0.103. The fraction of sp³-hybridized carbons (Fsp3) is 0.125. The quantitative estimate of drug-likeness (QED) is 0.700. The number of rotatable bonds is 2. The summed E-state index contributed by atoms with van der Waals surface area (Å²) < 4.78 is 10.7. The van der Waals surface area contributed by atoms with Gasteiger partial charge in [0.1, 0.15) is 23.0 Å². The summed E-state index contributed by atoms with van der Waals surface area (Å²) in [5, 5.41) is 22.9. The van der Waals surface area contributed by atoms with Crippen LogP contribution in [-0.4, -0.2) is 24.4 Å². The summed E-state index contributed by atoms with van der Waals surface area (Å²) >= 11 is 0. The number of fused-ring (bicyclic) bond motifs is 3. The molecule has 2 N–H and O–H groups in total. The molecule has 0 saturated carbocycles. The first kappa shape index (κ1) is 12.4. The van der Waals surface area contributed by atoms with Crippen LogP contribution in [0.25, 0.3) is 21.5 Å². The van der Waals surface area contributed by atoms with Crippen LogP contribution < -0.4 is 9.47 Å². The van der Waals surface area contributed by atoms with Crippen LogP contribution in [-0.2, 0) is 0 Å². The number of methoxy groups -OCH3 is 2. The van der Waals surface area contributed by atoms with E-state index in [9.17, 15) is 10.2 Å². The number of aromatic hydroxyl groups is 2. The highest BCUT2D eigenvalue weighted by Crippen LogP contribution is 2.43. The van der Waals surface area contributed by atoms with Crippen LogP contribution in [0.5, 0.6) is 23.0 Å². The highest BCUT2D eigenvalue weighted by Gasteiger charge is 2.15. The zero-order chi connectivity index (χ0) is 14.3. The van der Waals surface area contributed by atoms with Gasteiger partial charge in [0.05, 0.1) is 14.2 Å². The van der Waals surface area contributed by atoms with Crippen molar-refractivity contribution in [1.29, 1.82) is 0 Å². The van der Waals surface area contributed by atoms with Crippen LogP contribution in [0.15, 0.2) is 36.4 Å². The molecule has 0 bridgehead atoms. The molecule has 0 unspecified atom stereocenters. The molecule has 0 aliphatic heterocycles. The third-order valence-electron chi connectivity index (χ3n) is 3.40. The second-order valence-corrected chi connectivity index (χ2v) is 4.52. The molecule has 0 aromatic heterocycles. The molecule has 3 aromatic carbocycles. The lowest BCUT2D eigenvalue weighted by molar-refractivity contribution is 0.412. The summed E-state index contributed by atoms with van der Waals surface area (Å²) in [6.45, 7) is 0. The van der Waals surface area contributed by atoms with Gasteiger partial charge in [0.2, 0.25) is 0 Å². The van der Waals surface area contributed by atoms with Crippen molar-refractivity contribution in [1.82, 2.24) is 0 Å². The Kier molecular flexibility index (Phi) is 2.79. The molecular formula is C16H14O4. The molecule has 0 radical (unpaired) electrons. The highest BCUT2D eigenvalue weighted by molar-refractivity contribution is 6.16. The molecule has 4 nitrogen and oxygen atoms in total. The molecule has 0 aliphatic carbocycles. The van der Waals surface area contributed by atoms with Gasteiger partial charge in [0, 0.05) is 22.2 Å². The van der Waals surface area contributed by atoms with Crippen molar-refractivity contribution in [3.8, 4) is 23.0 Å². The Morgan fingerprint density at radius 2 is 1.60 bits per heavy atom. The average Bonchev–Trinajstić information content (AvgIpc) is 2.45. The third kappa shape index (κ3) is 1.69. The molecule has 0 atom stereocenters. The summed E-state index contributed by atoms with van der Waals surface area (Å²) in [7, 11) is 3.11. The van der Waals surface area contributed by atoms with E-state index in [1.807, 2.05) is 12.1 Å². The van der Waals surface area contributed by atoms with Crippen LogP contribution in [0.2, 0.25) is 0 Å². The van der Waals surface area contributed by atoms with Crippen molar-refractivity contribution >= 4 is 21.5 Å². The van der Waals surface area contributed by atoms with Gasteiger partial charge in [-0.1, -0.05) is 12.1 Å². The Hall–Kier alpha value is -2.62. The van der Waals surface area contributed by atoms with Crippen molar-refractivity contribution in [3.63, 3.8) is 0 Å². The minimum Gasteiger partial charge on any atom is -0.508 e. The van der Waals surface area contributed by atoms with E-state index in [-0.39, 0.29) is 11.5 Å². The first-order chi connectivity index (χ1) is 9.65. The molecular weight excluding hydrogens is 256 g/mol. The van der Waals surface area contributed by atoms with E-state index in [4.69, 9.17) is 9.47 Å². The summed E-state index contributed by atoms with van der Waals surface area (Å²) in [6.07, 6.45) is 0. The van der Waals surface area contributed by atoms with E-state index in [1.54, 1.807) is 25.3 Å². The zero-order valence-electron chi connectivity index (χ0n) is 11.2. The molecule has 0 saturated heterocycles. The molecule has 0 amide bonds. The maximum absolute atomic E-state index is 10.2. The van der Waals surface area contributed by atoms with E-state index in [2.05, 4.69) is 0 Å². The van der Waals surface area contributed by atoms with Crippen LogP contribution >= 0.6 is 0 Å². The van der Waals surface area contributed by atoms with Crippen molar-refractivity contribution in [2.24, 2.45) is 0 Å². The Bertz CT molecular complexity index is 809. The van der Waals surface area contributed by atoms with Crippen LogP contribution in [0, 0.1) is 0 Å². The van der Waals surface area contributed by atoms with Crippen molar-refractivity contribution < 1.29 is 19.7 Å². The lowest BCUT2D eigenvalue weighted by Gasteiger charge is -2.13. The number of ether oxygens (including phenoxy) is 2. The minimum atomic E-state index is 0.103. The largest absolute Gasteiger partial charge is 0.508 e. The second kappa shape index (κ2) is 4.49. The smallest absolute Gasteiger partial charge is 0.131 e. The zero-order valence-corrected chi connectivity index (χ0v) is 11.2. The molecule has 0 spiro atoms. The molecule has 0 aliphatic rings. The average molecular weight is 270 g/mol. The maximum Gasteiger partial charge on any atom is 0.131 e. The number of phenolic OH excluding ortho intramolecular Hbond substituents is 2. The van der Waals surface area contributed by atoms with Gasteiger partial charge in [0.25, 0.3) is 0 Å². The monoisotopic (exact) mass is 270 g/mol. The van der Waals surface area contributed by atoms with E-state index in [0.717, 1.165) is 16.2 Å². The van der Waals surface area contributed by atoms with E-state index >= 15 is 0 Å². The van der Waals surface area contributed by atoms with Crippen molar-refractivity contribution in [2.75, 3.05) is 14.2 Å². The Morgan fingerprint density at radius 1 is 0.850 bits per heavy atom. The molecule has 0 heterocycles. The van der Waals surface area contributed by atoms with Gasteiger partial charge in [-0.05, 0) is 23.6 Å². The Balaban J connectivity index is 2.62. The van der Waals surface area contributed by atoms with Gasteiger partial charge in [-0.3, -0.25) is 0 Å². The van der Waals surface area contributed by atoms with E-state index < -0.39 is 0 Å². The first-order valence-electron chi connectivity index (χ1n) is 6.15. The van der Waals surface area contributed by atoms with Crippen LogP contribution in [0.3, 0.4) is 0 Å². The van der Waals surface area contributed by atoms with Gasteiger partial charge in [-0.25, -0.2) is 0 Å². The van der Waals surface area contributed by atoms with E-state index in [1.165, 1.54) is 13.2 Å².